The van der Waals surface area contributed by atoms with Crippen molar-refractivity contribution in [3.05, 3.63) is 234 Å². The topological polar surface area (TPSA) is 37.8 Å². The van der Waals surface area contributed by atoms with Crippen LogP contribution in [0.1, 0.15) is 39.4 Å². The second-order valence-electron chi connectivity index (χ2n) is 16.1. The highest BCUT2D eigenvalue weighted by Gasteiger charge is 2.51. The highest BCUT2D eigenvalue weighted by Crippen LogP contribution is 2.65. The molecule has 280 valence electrons. The Labute approximate surface area is 352 Å². The fourth-order valence-electron chi connectivity index (χ4n) is 10.4. The number of hydrogen-bond donors (Lipinski definition) is 1. The van der Waals surface area contributed by atoms with Crippen molar-refractivity contribution in [3.63, 3.8) is 0 Å². The van der Waals surface area contributed by atoms with Gasteiger partial charge in [-0.25, -0.2) is 9.97 Å². The lowest BCUT2D eigenvalue weighted by atomic mass is 9.67. The zero-order chi connectivity index (χ0) is 39.4. The number of aromatic nitrogens is 2. The van der Waals surface area contributed by atoms with Crippen molar-refractivity contribution < 1.29 is 0 Å². The van der Waals surface area contributed by atoms with Crippen molar-refractivity contribution in [2.45, 2.75) is 21.2 Å². The molecule has 10 aromatic rings. The van der Waals surface area contributed by atoms with Gasteiger partial charge >= 0.3 is 0 Å². The van der Waals surface area contributed by atoms with Gasteiger partial charge in [0.25, 0.3) is 0 Å². The first-order valence-corrected chi connectivity index (χ1v) is 21.4. The summed E-state index contributed by atoms with van der Waals surface area (Å²) in [6, 6.07) is 73.2. The molecule has 1 spiro atoms. The molecular formula is C56H35N3S. The summed E-state index contributed by atoms with van der Waals surface area (Å²) in [6.07, 6.45) is 0. The van der Waals surface area contributed by atoms with Crippen LogP contribution in [0.4, 0.5) is 5.69 Å². The normalized spacial score (nSPS) is 15.0. The van der Waals surface area contributed by atoms with E-state index in [1.807, 2.05) is 17.8 Å². The summed E-state index contributed by atoms with van der Waals surface area (Å²) in [5.74, 6) is 0. The maximum atomic E-state index is 5.47. The van der Waals surface area contributed by atoms with Crippen LogP contribution in [0.5, 0.6) is 0 Å². The minimum absolute atomic E-state index is 0.00483. The third-order valence-corrected chi connectivity index (χ3v) is 14.1. The molecule has 13 rings (SSSR count). The average molecular weight is 782 g/mol. The summed E-state index contributed by atoms with van der Waals surface area (Å²) in [4.78, 5) is 13.3. The summed E-state index contributed by atoms with van der Waals surface area (Å²) in [5.41, 5.74) is 19.4. The van der Waals surface area contributed by atoms with Crippen LogP contribution < -0.4 is 5.32 Å². The van der Waals surface area contributed by atoms with Gasteiger partial charge in [0.15, 0.2) is 0 Å². The molecule has 4 heteroatoms. The number of anilines is 1. The van der Waals surface area contributed by atoms with Gasteiger partial charge in [-0.1, -0.05) is 176 Å². The molecule has 0 fully saturated rings. The molecule has 3 nitrogen and oxygen atoms in total. The van der Waals surface area contributed by atoms with Gasteiger partial charge in [-0.3, -0.25) is 0 Å². The van der Waals surface area contributed by atoms with Crippen LogP contribution in [0.15, 0.2) is 210 Å². The maximum absolute atomic E-state index is 5.47. The number of rotatable bonds is 3. The van der Waals surface area contributed by atoms with Crippen molar-refractivity contribution in [2.24, 2.45) is 0 Å². The lowest BCUT2D eigenvalue weighted by Crippen LogP contribution is -2.32. The van der Waals surface area contributed by atoms with E-state index in [-0.39, 0.29) is 6.04 Å². The molecule has 1 aliphatic carbocycles. The molecule has 2 aliphatic heterocycles. The zero-order valence-electron chi connectivity index (χ0n) is 32.4. The molecule has 1 unspecified atom stereocenters. The predicted octanol–water partition coefficient (Wildman–Crippen LogP) is 14.1. The summed E-state index contributed by atoms with van der Waals surface area (Å²) < 4.78 is 0. The van der Waals surface area contributed by atoms with Crippen LogP contribution in [-0.4, -0.2) is 9.97 Å². The molecule has 2 aromatic heterocycles. The number of hydrogen-bond acceptors (Lipinski definition) is 4. The van der Waals surface area contributed by atoms with Crippen LogP contribution in [0.3, 0.4) is 0 Å². The molecule has 0 radical (unpaired) electrons. The fraction of sp³-hybridized carbons (Fsp3) is 0.0357. The second-order valence-corrected chi connectivity index (χ2v) is 17.1. The Morgan fingerprint density at radius 2 is 1.02 bits per heavy atom. The number of benzene rings is 8. The van der Waals surface area contributed by atoms with E-state index in [9.17, 15) is 0 Å². The molecule has 1 atom stereocenters. The molecule has 0 saturated carbocycles. The van der Waals surface area contributed by atoms with E-state index in [0.717, 1.165) is 50.0 Å². The van der Waals surface area contributed by atoms with E-state index in [0.29, 0.717) is 0 Å². The molecule has 8 aromatic carbocycles. The monoisotopic (exact) mass is 781 g/mol. The van der Waals surface area contributed by atoms with Gasteiger partial charge in [0.05, 0.1) is 33.9 Å². The molecule has 0 saturated heterocycles. The smallest absolute Gasteiger partial charge is 0.0972 e. The Bertz CT molecular complexity index is 3350. The van der Waals surface area contributed by atoms with Gasteiger partial charge in [-0.2, -0.15) is 0 Å². The molecule has 60 heavy (non-hydrogen) atoms. The number of nitrogens with zero attached hydrogens (tertiary/aromatic N) is 2. The van der Waals surface area contributed by atoms with Crippen molar-refractivity contribution in [1.82, 2.24) is 9.97 Å². The third-order valence-electron chi connectivity index (χ3n) is 13.0. The lowest BCUT2D eigenvalue weighted by Gasteiger charge is -2.40. The molecule has 4 heterocycles. The SMILES string of the molecule is c1ccc(-c2ccc3ccc4ccc(-c5ccc6c(c5)-c5c(ccc7c5-c5ccccc5NC7c5ccccc5)C65c6ccccc6Sc6ccccc65)nc4c3n2)cc1. The summed E-state index contributed by atoms with van der Waals surface area (Å²) in [5, 5.41) is 6.11. The second kappa shape index (κ2) is 12.9. The van der Waals surface area contributed by atoms with Crippen LogP contribution >= 0.6 is 11.8 Å². The van der Waals surface area contributed by atoms with Gasteiger partial charge in [0.1, 0.15) is 0 Å². The van der Waals surface area contributed by atoms with Gasteiger partial charge < -0.3 is 5.32 Å². The quantitative estimate of drug-likeness (QED) is 0.181. The highest BCUT2D eigenvalue weighted by molar-refractivity contribution is 7.99. The minimum atomic E-state index is -0.510. The van der Waals surface area contributed by atoms with Gasteiger partial charge in [-0.15, -0.1) is 0 Å². The third kappa shape index (κ3) is 4.74. The van der Waals surface area contributed by atoms with E-state index in [4.69, 9.17) is 9.97 Å². The minimum Gasteiger partial charge on any atom is -0.374 e. The van der Waals surface area contributed by atoms with E-state index in [1.165, 1.54) is 65.4 Å². The first-order chi connectivity index (χ1) is 29.7. The van der Waals surface area contributed by atoms with Gasteiger partial charge in [0.2, 0.25) is 0 Å². The first kappa shape index (κ1) is 33.7. The summed E-state index contributed by atoms with van der Waals surface area (Å²) in [6.45, 7) is 0. The Morgan fingerprint density at radius 3 is 1.73 bits per heavy atom. The molecule has 0 amide bonds. The highest BCUT2D eigenvalue weighted by atomic mass is 32.2. The van der Waals surface area contributed by atoms with E-state index < -0.39 is 5.41 Å². The van der Waals surface area contributed by atoms with Crippen LogP contribution in [-0.2, 0) is 5.41 Å². The number of nitrogens with one attached hydrogen (secondary N) is 1. The molecular weight excluding hydrogens is 747 g/mol. The Morgan fingerprint density at radius 1 is 0.433 bits per heavy atom. The number of para-hydroxylation sites is 1. The van der Waals surface area contributed by atoms with Crippen molar-refractivity contribution in [1.29, 1.82) is 0 Å². The number of fused-ring (bicyclic) bond motifs is 16. The van der Waals surface area contributed by atoms with E-state index in [1.54, 1.807) is 0 Å². The predicted molar refractivity (Wildman–Crippen MR) is 247 cm³/mol. The maximum Gasteiger partial charge on any atom is 0.0972 e. The molecule has 3 aliphatic rings. The fourth-order valence-corrected chi connectivity index (χ4v) is 11.6. The zero-order valence-corrected chi connectivity index (χ0v) is 33.2. The number of pyridine rings is 2. The Balaban J connectivity index is 1.10. The lowest BCUT2D eigenvalue weighted by molar-refractivity contribution is 0.722. The van der Waals surface area contributed by atoms with Crippen molar-refractivity contribution >= 4 is 39.3 Å². The largest absolute Gasteiger partial charge is 0.374 e. The Hall–Kier alpha value is -7.27. The standard InChI is InChI=1S/C56H35N3S/c1-3-13-34(14-4-1)46-31-26-36-23-24-37-27-32-47(58-55(37)54(36)57-46)38-25-29-42-41(33-38)52-45(56(42)43-18-8-11-21-49(43)60-50-22-12-9-19-44(50)56)30-28-40-51(52)39-17-7-10-20-48(39)59-53(40)35-15-5-2-6-16-35/h1-33,53,59H. The van der Waals surface area contributed by atoms with Crippen molar-refractivity contribution in [2.75, 3.05) is 5.32 Å². The van der Waals surface area contributed by atoms with Crippen LogP contribution in [0, 0.1) is 0 Å². The van der Waals surface area contributed by atoms with Crippen LogP contribution in [0.2, 0.25) is 0 Å². The van der Waals surface area contributed by atoms with Crippen LogP contribution in [0.25, 0.3) is 66.6 Å². The van der Waals surface area contributed by atoms with Crippen molar-refractivity contribution in [3.8, 4) is 44.8 Å². The van der Waals surface area contributed by atoms with E-state index >= 15 is 0 Å². The summed E-state index contributed by atoms with van der Waals surface area (Å²) >= 11 is 1.88. The van der Waals surface area contributed by atoms with E-state index in [2.05, 4.69) is 199 Å². The Kier molecular flexibility index (Phi) is 7.22. The van der Waals surface area contributed by atoms with Gasteiger partial charge in [0, 0.05) is 42.9 Å². The average Bonchev–Trinajstić information content (AvgIpc) is 3.61. The molecule has 1 N–H and O–H groups in total. The molecule has 0 bridgehead atoms. The first-order valence-electron chi connectivity index (χ1n) is 20.6. The summed E-state index contributed by atoms with van der Waals surface area (Å²) in [7, 11) is 0. The van der Waals surface area contributed by atoms with Gasteiger partial charge in [-0.05, 0) is 86.5 Å².